The van der Waals surface area contributed by atoms with Gasteiger partial charge in [-0.05, 0) is 44.1 Å². The molecule has 0 aromatic carbocycles. The molecular formula is C15H28N2O. The van der Waals surface area contributed by atoms with Crippen LogP contribution >= 0.6 is 0 Å². The van der Waals surface area contributed by atoms with Crippen molar-refractivity contribution < 1.29 is 4.79 Å². The van der Waals surface area contributed by atoms with Crippen molar-refractivity contribution in [2.75, 3.05) is 19.6 Å². The van der Waals surface area contributed by atoms with Gasteiger partial charge < -0.3 is 10.6 Å². The van der Waals surface area contributed by atoms with Crippen LogP contribution in [0.4, 0.5) is 0 Å². The van der Waals surface area contributed by atoms with Crippen LogP contribution in [0.15, 0.2) is 0 Å². The first kappa shape index (κ1) is 13.9. The van der Waals surface area contributed by atoms with Crippen LogP contribution in [-0.4, -0.2) is 30.4 Å². The summed E-state index contributed by atoms with van der Waals surface area (Å²) in [7, 11) is 0. The number of amides is 1. The summed E-state index contributed by atoms with van der Waals surface area (Å²) in [5.41, 5.74) is 5.84. The highest BCUT2D eigenvalue weighted by Crippen LogP contribution is 2.32. The maximum Gasteiger partial charge on any atom is 0.226 e. The molecule has 3 heteroatoms. The van der Waals surface area contributed by atoms with Gasteiger partial charge in [0.2, 0.25) is 5.91 Å². The Kier molecular flexibility index (Phi) is 5.04. The Labute approximate surface area is 111 Å². The third-order valence-corrected chi connectivity index (χ3v) is 4.94. The Balaban J connectivity index is 1.96. The summed E-state index contributed by atoms with van der Waals surface area (Å²) < 4.78 is 0. The number of rotatable bonds is 3. The van der Waals surface area contributed by atoms with Crippen LogP contribution in [0.2, 0.25) is 0 Å². The SMILES string of the molecule is CCC1CCCN(C(=O)C2CCCCC2CN)C1. The molecule has 3 atom stereocenters. The number of hydrogen-bond acceptors (Lipinski definition) is 2. The first-order chi connectivity index (χ1) is 8.76. The monoisotopic (exact) mass is 252 g/mol. The molecule has 2 aliphatic rings. The Hall–Kier alpha value is -0.570. The van der Waals surface area contributed by atoms with E-state index in [-0.39, 0.29) is 5.92 Å². The van der Waals surface area contributed by atoms with E-state index < -0.39 is 0 Å². The Morgan fingerprint density at radius 2 is 2.00 bits per heavy atom. The summed E-state index contributed by atoms with van der Waals surface area (Å²) in [4.78, 5) is 14.8. The first-order valence-corrected chi connectivity index (χ1v) is 7.75. The molecule has 2 rings (SSSR count). The predicted octanol–water partition coefficient (Wildman–Crippen LogP) is 2.40. The second kappa shape index (κ2) is 6.55. The summed E-state index contributed by atoms with van der Waals surface area (Å²) >= 11 is 0. The van der Waals surface area contributed by atoms with Crippen molar-refractivity contribution in [2.24, 2.45) is 23.5 Å². The van der Waals surface area contributed by atoms with Crippen molar-refractivity contribution in [1.82, 2.24) is 4.90 Å². The number of carbonyl (C=O) groups is 1. The van der Waals surface area contributed by atoms with E-state index in [4.69, 9.17) is 5.73 Å². The fourth-order valence-corrected chi connectivity index (χ4v) is 3.65. The van der Waals surface area contributed by atoms with Crippen molar-refractivity contribution >= 4 is 5.91 Å². The molecule has 2 N–H and O–H groups in total. The zero-order valence-corrected chi connectivity index (χ0v) is 11.7. The minimum Gasteiger partial charge on any atom is -0.342 e. The summed E-state index contributed by atoms with van der Waals surface area (Å²) in [5, 5.41) is 0. The molecule has 0 aromatic heterocycles. The lowest BCUT2D eigenvalue weighted by atomic mass is 9.78. The van der Waals surface area contributed by atoms with E-state index in [0.29, 0.717) is 18.4 Å². The molecule has 0 aromatic rings. The molecule has 2 fully saturated rings. The van der Waals surface area contributed by atoms with E-state index in [0.717, 1.165) is 31.8 Å². The Bertz CT molecular complexity index is 280. The lowest BCUT2D eigenvalue weighted by molar-refractivity contribution is -0.140. The molecule has 1 saturated carbocycles. The van der Waals surface area contributed by atoms with E-state index in [1.54, 1.807) is 0 Å². The average Bonchev–Trinajstić information content (AvgIpc) is 2.46. The molecule has 1 heterocycles. The van der Waals surface area contributed by atoms with Crippen molar-refractivity contribution in [2.45, 2.75) is 51.9 Å². The molecule has 3 nitrogen and oxygen atoms in total. The normalized spacial score (nSPS) is 33.4. The standard InChI is InChI=1S/C15H28N2O/c1-2-12-6-5-9-17(11-12)15(18)14-8-4-3-7-13(14)10-16/h12-14H,2-11,16H2,1H3. The molecule has 0 spiro atoms. The van der Waals surface area contributed by atoms with Crippen LogP contribution in [0.25, 0.3) is 0 Å². The van der Waals surface area contributed by atoms with Gasteiger partial charge in [0, 0.05) is 19.0 Å². The Morgan fingerprint density at radius 1 is 1.22 bits per heavy atom. The lowest BCUT2D eigenvalue weighted by Gasteiger charge is -2.38. The van der Waals surface area contributed by atoms with Crippen molar-refractivity contribution in [3.63, 3.8) is 0 Å². The largest absolute Gasteiger partial charge is 0.342 e. The lowest BCUT2D eigenvalue weighted by Crippen LogP contribution is -2.46. The number of likely N-dealkylation sites (tertiary alicyclic amines) is 1. The summed E-state index contributed by atoms with van der Waals surface area (Å²) in [6, 6.07) is 0. The number of nitrogens with two attached hydrogens (primary N) is 1. The van der Waals surface area contributed by atoms with E-state index in [9.17, 15) is 4.79 Å². The predicted molar refractivity (Wildman–Crippen MR) is 74.1 cm³/mol. The molecule has 0 radical (unpaired) electrons. The van der Waals surface area contributed by atoms with Gasteiger partial charge in [-0.3, -0.25) is 4.79 Å². The fourth-order valence-electron chi connectivity index (χ4n) is 3.65. The zero-order valence-electron chi connectivity index (χ0n) is 11.7. The van der Waals surface area contributed by atoms with Crippen LogP contribution in [0.3, 0.4) is 0 Å². The highest BCUT2D eigenvalue weighted by atomic mass is 16.2. The molecule has 1 aliphatic carbocycles. The van der Waals surface area contributed by atoms with E-state index >= 15 is 0 Å². The van der Waals surface area contributed by atoms with E-state index in [2.05, 4.69) is 11.8 Å². The van der Waals surface area contributed by atoms with Crippen LogP contribution in [0.1, 0.15) is 51.9 Å². The topological polar surface area (TPSA) is 46.3 Å². The van der Waals surface area contributed by atoms with Gasteiger partial charge in [0.15, 0.2) is 0 Å². The summed E-state index contributed by atoms with van der Waals surface area (Å²) in [5.74, 6) is 1.79. The number of hydrogen-bond donors (Lipinski definition) is 1. The van der Waals surface area contributed by atoms with Gasteiger partial charge in [-0.15, -0.1) is 0 Å². The molecule has 0 bridgehead atoms. The van der Waals surface area contributed by atoms with Gasteiger partial charge in [0.05, 0.1) is 0 Å². The third kappa shape index (κ3) is 3.05. The highest BCUT2D eigenvalue weighted by molar-refractivity contribution is 5.79. The van der Waals surface area contributed by atoms with Crippen LogP contribution in [-0.2, 0) is 4.79 Å². The maximum atomic E-state index is 12.7. The van der Waals surface area contributed by atoms with Gasteiger partial charge in [0.25, 0.3) is 0 Å². The van der Waals surface area contributed by atoms with Gasteiger partial charge >= 0.3 is 0 Å². The number of carbonyl (C=O) groups excluding carboxylic acids is 1. The molecule has 1 aliphatic heterocycles. The summed E-state index contributed by atoms with van der Waals surface area (Å²) in [6.45, 7) is 4.88. The minimum atomic E-state index is 0.222. The minimum absolute atomic E-state index is 0.222. The van der Waals surface area contributed by atoms with E-state index in [1.165, 1.54) is 32.1 Å². The molecule has 1 saturated heterocycles. The Morgan fingerprint density at radius 3 is 2.72 bits per heavy atom. The number of nitrogens with zero attached hydrogens (tertiary/aromatic N) is 1. The van der Waals surface area contributed by atoms with Crippen molar-refractivity contribution in [1.29, 1.82) is 0 Å². The van der Waals surface area contributed by atoms with E-state index in [1.807, 2.05) is 0 Å². The molecule has 1 amide bonds. The molecule has 3 unspecified atom stereocenters. The molecule has 18 heavy (non-hydrogen) atoms. The molecule has 104 valence electrons. The second-order valence-electron chi connectivity index (χ2n) is 6.09. The van der Waals surface area contributed by atoms with Gasteiger partial charge in [-0.1, -0.05) is 26.2 Å². The summed E-state index contributed by atoms with van der Waals surface area (Å²) in [6.07, 6.45) is 8.36. The first-order valence-electron chi connectivity index (χ1n) is 7.75. The quantitative estimate of drug-likeness (QED) is 0.838. The van der Waals surface area contributed by atoms with Crippen LogP contribution in [0.5, 0.6) is 0 Å². The van der Waals surface area contributed by atoms with Crippen molar-refractivity contribution in [3.8, 4) is 0 Å². The highest BCUT2D eigenvalue weighted by Gasteiger charge is 2.34. The zero-order chi connectivity index (χ0) is 13.0. The van der Waals surface area contributed by atoms with Gasteiger partial charge in [0.1, 0.15) is 0 Å². The van der Waals surface area contributed by atoms with Crippen LogP contribution in [0, 0.1) is 17.8 Å². The average molecular weight is 252 g/mol. The smallest absolute Gasteiger partial charge is 0.226 e. The van der Waals surface area contributed by atoms with Crippen molar-refractivity contribution in [3.05, 3.63) is 0 Å². The number of piperidine rings is 1. The molecular weight excluding hydrogens is 224 g/mol. The second-order valence-corrected chi connectivity index (χ2v) is 6.09. The maximum absolute atomic E-state index is 12.7. The third-order valence-electron chi connectivity index (χ3n) is 4.94. The van der Waals surface area contributed by atoms with Gasteiger partial charge in [-0.2, -0.15) is 0 Å². The fraction of sp³-hybridized carbons (Fsp3) is 0.933. The van der Waals surface area contributed by atoms with Crippen LogP contribution < -0.4 is 5.73 Å². The van der Waals surface area contributed by atoms with Gasteiger partial charge in [-0.25, -0.2) is 0 Å².